The quantitative estimate of drug-likeness (QED) is 0.513. The Bertz CT molecular complexity index is 727. The molecule has 0 bridgehead atoms. The minimum absolute atomic E-state index is 0.0305. The second-order valence-corrected chi connectivity index (χ2v) is 5.15. The Labute approximate surface area is 131 Å². The fourth-order valence-corrected chi connectivity index (χ4v) is 2.54. The van der Waals surface area contributed by atoms with Gasteiger partial charge in [0.1, 0.15) is 12.7 Å². The Morgan fingerprint density at radius 3 is 2.74 bits per heavy atom. The van der Waals surface area contributed by atoms with Crippen molar-refractivity contribution in [2.24, 2.45) is 0 Å². The van der Waals surface area contributed by atoms with Gasteiger partial charge in [0.25, 0.3) is 0 Å². The average Bonchev–Trinajstić information content (AvgIpc) is 2.83. The molecule has 23 heavy (non-hydrogen) atoms. The second-order valence-electron chi connectivity index (χ2n) is 5.15. The van der Waals surface area contributed by atoms with Gasteiger partial charge >= 0.3 is 7.12 Å². The molecule has 0 aliphatic carbocycles. The number of benzene rings is 2. The summed E-state index contributed by atoms with van der Waals surface area (Å²) < 4.78 is 25.0. The number of halogens is 1. The number of hydrogen-bond acceptors (Lipinski definition) is 5. The van der Waals surface area contributed by atoms with Crippen molar-refractivity contribution in [3.63, 3.8) is 0 Å². The molecule has 1 unspecified atom stereocenters. The standard InChI is InChI=1S/C15H13BFNO5/c17-15-12(22-9-10-4-2-1-3-5-10)7-6-11-13(8-18(20)21)23-16(19)14(11)15/h1-7,13,19H,8-9H2. The molecule has 1 aliphatic heterocycles. The van der Waals surface area contributed by atoms with Crippen LogP contribution in [0.5, 0.6) is 5.75 Å². The van der Waals surface area contributed by atoms with E-state index in [2.05, 4.69) is 0 Å². The summed E-state index contributed by atoms with van der Waals surface area (Å²) >= 11 is 0. The lowest BCUT2D eigenvalue weighted by molar-refractivity contribution is -0.490. The van der Waals surface area contributed by atoms with Gasteiger partial charge in [-0.05, 0) is 17.2 Å². The van der Waals surface area contributed by atoms with Gasteiger partial charge in [0.05, 0.1) is 0 Å². The molecule has 118 valence electrons. The molecule has 6 nitrogen and oxygen atoms in total. The van der Waals surface area contributed by atoms with E-state index in [0.29, 0.717) is 0 Å². The number of nitro groups is 1. The molecule has 2 aromatic rings. The van der Waals surface area contributed by atoms with E-state index in [4.69, 9.17) is 9.39 Å². The monoisotopic (exact) mass is 317 g/mol. The predicted octanol–water partition coefficient (Wildman–Crippen LogP) is 1.44. The highest BCUT2D eigenvalue weighted by atomic mass is 19.1. The molecule has 0 spiro atoms. The molecule has 0 aromatic heterocycles. The van der Waals surface area contributed by atoms with Crippen LogP contribution in [0.15, 0.2) is 42.5 Å². The van der Waals surface area contributed by atoms with E-state index < -0.39 is 30.5 Å². The summed E-state index contributed by atoms with van der Waals surface area (Å²) in [6.45, 7) is -0.362. The van der Waals surface area contributed by atoms with Crippen LogP contribution in [0.3, 0.4) is 0 Å². The van der Waals surface area contributed by atoms with Crippen molar-refractivity contribution in [1.82, 2.24) is 0 Å². The fraction of sp³-hybridized carbons (Fsp3) is 0.200. The first-order valence-corrected chi connectivity index (χ1v) is 7.00. The summed E-state index contributed by atoms with van der Waals surface area (Å²) in [4.78, 5) is 10.0. The zero-order valence-corrected chi connectivity index (χ0v) is 12.0. The summed E-state index contributed by atoms with van der Waals surface area (Å²) in [7, 11) is -1.53. The average molecular weight is 317 g/mol. The van der Waals surface area contributed by atoms with Crippen molar-refractivity contribution in [2.45, 2.75) is 12.7 Å². The van der Waals surface area contributed by atoms with E-state index in [-0.39, 0.29) is 23.4 Å². The third kappa shape index (κ3) is 3.18. The van der Waals surface area contributed by atoms with Crippen molar-refractivity contribution in [1.29, 1.82) is 0 Å². The molecule has 0 saturated heterocycles. The topological polar surface area (TPSA) is 81.8 Å². The van der Waals surface area contributed by atoms with Crippen LogP contribution < -0.4 is 10.2 Å². The van der Waals surface area contributed by atoms with Crippen LogP contribution in [-0.4, -0.2) is 23.6 Å². The molecule has 3 rings (SSSR count). The van der Waals surface area contributed by atoms with Gasteiger partial charge in [-0.1, -0.05) is 36.4 Å². The van der Waals surface area contributed by atoms with Gasteiger partial charge < -0.3 is 14.4 Å². The summed E-state index contributed by atoms with van der Waals surface area (Å²) in [5.41, 5.74) is 1.05. The molecule has 0 radical (unpaired) electrons. The van der Waals surface area contributed by atoms with Crippen LogP contribution in [0.4, 0.5) is 4.39 Å². The van der Waals surface area contributed by atoms with Gasteiger partial charge in [-0.15, -0.1) is 0 Å². The third-order valence-electron chi connectivity index (χ3n) is 3.62. The highest BCUT2D eigenvalue weighted by molar-refractivity contribution is 6.62. The molecule has 2 aromatic carbocycles. The van der Waals surface area contributed by atoms with Crippen LogP contribution in [0.25, 0.3) is 0 Å². The van der Waals surface area contributed by atoms with E-state index >= 15 is 0 Å². The minimum Gasteiger partial charge on any atom is -0.486 e. The van der Waals surface area contributed by atoms with Crippen molar-refractivity contribution in [3.8, 4) is 5.75 Å². The molecule has 0 amide bonds. The third-order valence-corrected chi connectivity index (χ3v) is 3.62. The maximum Gasteiger partial charge on any atom is 0.495 e. The molecule has 1 aliphatic rings. The molecule has 1 heterocycles. The number of ether oxygens (including phenoxy) is 1. The highest BCUT2D eigenvalue weighted by Gasteiger charge is 2.41. The van der Waals surface area contributed by atoms with E-state index in [9.17, 15) is 19.5 Å². The zero-order chi connectivity index (χ0) is 16.4. The van der Waals surface area contributed by atoms with E-state index in [1.54, 1.807) is 0 Å². The van der Waals surface area contributed by atoms with E-state index in [0.717, 1.165) is 5.56 Å². The number of hydrogen-bond donors (Lipinski definition) is 1. The first-order chi connectivity index (χ1) is 11.1. The Kier molecular flexibility index (Phi) is 4.27. The van der Waals surface area contributed by atoms with Crippen LogP contribution in [0, 0.1) is 15.9 Å². The lowest BCUT2D eigenvalue weighted by Crippen LogP contribution is -2.31. The molecule has 0 fully saturated rings. The van der Waals surface area contributed by atoms with Crippen LogP contribution in [-0.2, 0) is 11.3 Å². The predicted molar refractivity (Wildman–Crippen MR) is 80.5 cm³/mol. The smallest absolute Gasteiger partial charge is 0.486 e. The molecule has 0 saturated carbocycles. The molecule has 1 N–H and O–H groups in total. The fourth-order valence-electron chi connectivity index (χ4n) is 2.54. The largest absolute Gasteiger partial charge is 0.495 e. The number of fused-ring (bicyclic) bond motifs is 1. The Morgan fingerprint density at radius 1 is 1.30 bits per heavy atom. The molecular weight excluding hydrogens is 304 g/mol. The van der Waals surface area contributed by atoms with Crippen molar-refractivity contribution < 1.29 is 23.7 Å². The van der Waals surface area contributed by atoms with Crippen LogP contribution in [0.2, 0.25) is 0 Å². The van der Waals surface area contributed by atoms with Gasteiger partial charge in [0, 0.05) is 10.4 Å². The first-order valence-electron chi connectivity index (χ1n) is 7.00. The lowest BCUT2D eigenvalue weighted by atomic mass is 9.78. The van der Waals surface area contributed by atoms with E-state index in [1.807, 2.05) is 30.3 Å². The highest BCUT2D eigenvalue weighted by Crippen LogP contribution is 2.29. The molecule has 1 atom stereocenters. The maximum absolute atomic E-state index is 14.5. The summed E-state index contributed by atoms with van der Waals surface area (Å²) in [6, 6.07) is 12.1. The summed E-state index contributed by atoms with van der Waals surface area (Å²) in [5.74, 6) is -0.784. The Hall–Kier alpha value is -2.45. The van der Waals surface area contributed by atoms with Crippen LogP contribution >= 0.6 is 0 Å². The van der Waals surface area contributed by atoms with Crippen LogP contribution in [0.1, 0.15) is 17.2 Å². The molecule has 8 heteroatoms. The second kappa shape index (κ2) is 6.35. The van der Waals surface area contributed by atoms with Gasteiger partial charge in [0.2, 0.25) is 6.54 Å². The first kappa shape index (κ1) is 15.5. The Morgan fingerprint density at radius 2 is 2.04 bits per heavy atom. The molecular formula is C15H13BFNO5. The van der Waals surface area contributed by atoms with Crippen molar-refractivity contribution in [2.75, 3.05) is 6.54 Å². The summed E-state index contributed by atoms with van der Waals surface area (Å²) in [5, 5.41) is 20.4. The maximum atomic E-state index is 14.5. The van der Waals surface area contributed by atoms with Crippen molar-refractivity contribution in [3.05, 3.63) is 69.5 Å². The minimum atomic E-state index is -1.53. The van der Waals surface area contributed by atoms with Gasteiger partial charge in [-0.3, -0.25) is 10.1 Å². The number of rotatable bonds is 5. The Balaban J connectivity index is 1.82. The van der Waals surface area contributed by atoms with Crippen molar-refractivity contribution >= 4 is 12.6 Å². The number of nitrogens with zero attached hydrogens (tertiary/aromatic N) is 1. The normalized spacial score (nSPS) is 16.3. The summed E-state index contributed by atoms with van der Waals surface area (Å²) in [6.07, 6.45) is -0.965. The van der Waals surface area contributed by atoms with Gasteiger partial charge in [0.15, 0.2) is 11.6 Å². The van der Waals surface area contributed by atoms with E-state index in [1.165, 1.54) is 12.1 Å². The van der Waals surface area contributed by atoms with Gasteiger partial charge in [-0.25, -0.2) is 4.39 Å². The zero-order valence-electron chi connectivity index (χ0n) is 12.0. The van der Waals surface area contributed by atoms with Gasteiger partial charge in [-0.2, -0.15) is 0 Å². The lowest BCUT2D eigenvalue weighted by Gasteiger charge is -2.11. The SMILES string of the molecule is O=[N+]([O-])CC1OB(O)c2c1ccc(OCc1ccccc1)c2F.